The van der Waals surface area contributed by atoms with Crippen LogP contribution in [0.25, 0.3) is 21.5 Å². The van der Waals surface area contributed by atoms with Crippen LogP contribution in [0, 0.1) is 0 Å². The summed E-state index contributed by atoms with van der Waals surface area (Å²) in [6, 6.07) is 38.5. The lowest BCUT2D eigenvalue weighted by Gasteiger charge is -2.43. The van der Waals surface area contributed by atoms with Gasteiger partial charge in [0, 0.05) is 12.8 Å². The molecule has 0 aliphatic carbocycles. The summed E-state index contributed by atoms with van der Waals surface area (Å²) in [6.07, 6.45) is 19.4. The highest BCUT2D eigenvalue weighted by molar-refractivity contribution is 5.86. The largest absolute Gasteiger partial charge is 0.462 e. The summed E-state index contributed by atoms with van der Waals surface area (Å²) in [5.41, 5.74) is 3.62. The van der Waals surface area contributed by atoms with Crippen LogP contribution in [0.2, 0.25) is 0 Å². The Morgan fingerprint density at radius 3 is 1.64 bits per heavy atom. The van der Waals surface area contributed by atoms with E-state index in [4.69, 9.17) is 18.9 Å². The number of nitrogens with one attached hydrogen (secondary N) is 1. The van der Waals surface area contributed by atoms with Gasteiger partial charge in [0.2, 0.25) is 5.91 Å². The van der Waals surface area contributed by atoms with Gasteiger partial charge in [0.1, 0.15) is 24.4 Å². The second-order valence-electron chi connectivity index (χ2n) is 21.0. The van der Waals surface area contributed by atoms with Crippen molar-refractivity contribution in [3.8, 4) is 0 Å². The van der Waals surface area contributed by atoms with E-state index in [1.807, 2.05) is 30.3 Å². The average molecular weight is 1030 g/mol. The van der Waals surface area contributed by atoms with Crippen LogP contribution in [0.4, 0.5) is 0 Å². The highest BCUT2D eigenvalue weighted by Gasteiger charge is 2.49. The minimum Gasteiger partial charge on any atom is -0.462 e. The van der Waals surface area contributed by atoms with E-state index in [2.05, 4.69) is 97.2 Å². The maximum Gasteiger partial charge on any atom is 0.306 e. The first-order chi connectivity index (χ1) is 36.8. The molecule has 3 N–H and O–H groups in total. The molecule has 0 spiro atoms. The molecule has 0 aromatic heterocycles. The molecule has 1 aliphatic heterocycles. The molecular weight excluding hydrogens is 939 g/mol. The summed E-state index contributed by atoms with van der Waals surface area (Å²) < 4.78 is 24.5. The molecule has 10 heteroatoms. The zero-order valence-electron chi connectivity index (χ0n) is 45.2. The standard InChI is InChI=1S/C65H89NO9/c1-2-3-4-5-6-7-8-15-23-42-55(73-60(69)45-24-16-11-9-13-21-34-51-38-30-40-53-36-26-28-43-56(51)53)47-59(68)66-62-64(63(71)58(48-67)74-65(62)72-49-50-32-19-18-20-33-50)75-61(70)46-25-17-12-10-14-22-35-52-39-31-41-54-37-27-29-44-57(52)54/h18-20,26-33,36-41,43-44,55,58,62-65,67,71H,2-17,21-25,34-35,42,45-49H2,1H3,(H,66,68)/t55-,58+,62+,63+,64+,65+/m0/s1. The lowest BCUT2D eigenvalue weighted by molar-refractivity contribution is -0.276. The van der Waals surface area contributed by atoms with Gasteiger partial charge in [-0.15, -0.1) is 0 Å². The predicted octanol–water partition coefficient (Wildman–Crippen LogP) is 14.2. The van der Waals surface area contributed by atoms with E-state index in [0.717, 1.165) is 115 Å². The van der Waals surface area contributed by atoms with E-state index < -0.39 is 55.2 Å². The number of unbranched alkanes of at least 4 members (excludes halogenated alkanes) is 18. The van der Waals surface area contributed by atoms with Crippen molar-refractivity contribution in [2.75, 3.05) is 6.61 Å². The molecule has 0 radical (unpaired) electrons. The Bertz CT molecular complexity index is 2380. The lowest BCUT2D eigenvalue weighted by atomic mass is 9.96. The van der Waals surface area contributed by atoms with E-state index in [-0.39, 0.29) is 31.8 Å². The first-order valence-corrected chi connectivity index (χ1v) is 29.0. The number of hydrogen-bond donors (Lipinski definition) is 3. The number of fused-ring (bicyclic) bond motifs is 2. The Kier molecular flexibility index (Phi) is 27.2. The number of carbonyl (C=O) groups excluding carboxylic acids is 3. The van der Waals surface area contributed by atoms with E-state index in [1.54, 1.807) is 0 Å². The number of carbonyl (C=O) groups is 3. The highest BCUT2D eigenvalue weighted by Crippen LogP contribution is 2.28. The number of amides is 1. The summed E-state index contributed by atoms with van der Waals surface area (Å²) in [5.74, 6) is -1.25. The molecule has 6 rings (SSSR count). The van der Waals surface area contributed by atoms with Gasteiger partial charge >= 0.3 is 11.9 Å². The van der Waals surface area contributed by atoms with E-state index >= 15 is 0 Å². The quantitative estimate of drug-likeness (QED) is 0.0262. The summed E-state index contributed by atoms with van der Waals surface area (Å²) >= 11 is 0. The number of rotatable bonds is 37. The molecule has 10 nitrogen and oxygen atoms in total. The minimum atomic E-state index is -1.44. The number of benzene rings is 5. The molecule has 5 aromatic rings. The van der Waals surface area contributed by atoms with Gasteiger partial charge in [0.15, 0.2) is 12.4 Å². The fourth-order valence-electron chi connectivity index (χ4n) is 10.7. The third kappa shape index (κ3) is 21.1. The van der Waals surface area contributed by atoms with Gasteiger partial charge in [-0.3, -0.25) is 14.4 Å². The van der Waals surface area contributed by atoms with Crippen LogP contribution in [0.15, 0.2) is 115 Å². The van der Waals surface area contributed by atoms with Crippen LogP contribution in [0.3, 0.4) is 0 Å². The third-order valence-corrected chi connectivity index (χ3v) is 15.0. The summed E-state index contributed by atoms with van der Waals surface area (Å²) in [6.45, 7) is 1.78. The van der Waals surface area contributed by atoms with Gasteiger partial charge in [-0.2, -0.15) is 0 Å². The van der Waals surface area contributed by atoms with Crippen molar-refractivity contribution >= 4 is 39.4 Å². The van der Waals surface area contributed by atoms with Crippen molar-refractivity contribution in [2.45, 2.75) is 224 Å². The molecule has 75 heavy (non-hydrogen) atoms. The van der Waals surface area contributed by atoms with Crippen molar-refractivity contribution in [3.05, 3.63) is 132 Å². The molecule has 0 unspecified atom stereocenters. The summed E-state index contributed by atoms with van der Waals surface area (Å²) in [7, 11) is 0. The van der Waals surface area contributed by atoms with Gasteiger partial charge in [0.25, 0.3) is 0 Å². The smallest absolute Gasteiger partial charge is 0.306 e. The van der Waals surface area contributed by atoms with Crippen molar-refractivity contribution < 1.29 is 43.5 Å². The van der Waals surface area contributed by atoms with Crippen LogP contribution < -0.4 is 5.32 Å². The van der Waals surface area contributed by atoms with Crippen LogP contribution in [-0.2, 0) is 52.8 Å². The molecule has 1 heterocycles. The number of aliphatic hydroxyl groups is 2. The molecule has 0 bridgehead atoms. The molecule has 1 saturated heterocycles. The summed E-state index contributed by atoms with van der Waals surface area (Å²) in [5, 5.41) is 30.1. The molecule has 1 fully saturated rings. The zero-order chi connectivity index (χ0) is 52.7. The van der Waals surface area contributed by atoms with Crippen molar-refractivity contribution in [1.29, 1.82) is 0 Å². The van der Waals surface area contributed by atoms with Crippen molar-refractivity contribution in [3.63, 3.8) is 0 Å². The molecule has 0 saturated carbocycles. The first-order valence-electron chi connectivity index (χ1n) is 29.0. The Morgan fingerprint density at radius 2 is 1.07 bits per heavy atom. The summed E-state index contributed by atoms with van der Waals surface area (Å²) in [4.78, 5) is 41.1. The average Bonchev–Trinajstić information content (AvgIpc) is 3.42. The Labute approximate surface area is 448 Å². The van der Waals surface area contributed by atoms with Crippen LogP contribution >= 0.6 is 0 Å². The van der Waals surface area contributed by atoms with Gasteiger partial charge in [0.05, 0.1) is 19.6 Å². The second-order valence-corrected chi connectivity index (χ2v) is 21.0. The van der Waals surface area contributed by atoms with Crippen molar-refractivity contribution in [2.24, 2.45) is 0 Å². The molecule has 6 atom stereocenters. The van der Waals surface area contributed by atoms with E-state index in [0.29, 0.717) is 12.8 Å². The monoisotopic (exact) mass is 1030 g/mol. The van der Waals surface area contributed by atoms with Gasteiger partial charge in [-0.1, -0.05) is 225 Å². The Balaban J connectivity index is 0.996. The number of hydrogen-bond acceptors (Lipinski definition) is 9. The number of aryl methyl sites for hydroxylation is 2. The fourth-order valence-corrected chi connectivity index (χ4v) is 10.7. The predicted molar refractivity (Wildman–Crippen MR) is 301 cm³/mol. The second kappa shape index (κ2) is 34.5. The van der Waals surface area contributed by atoms with Crippen LogP contribution in [0.5, 0.6) is 0 Å². The molecule has 1 aliphatic rings. The number of aliphatic hydroxyl groups excluding tert-OH is 2. The maximum absolute atomic E-state index is 14.2. The third-order valence-electron chi connectivity index (χ3n) is 15.0. The Hall–Kier alpha value is -5.13. The fraction of sp³-hybridized carbons (Fsp3) is 0.554. The number of ether oxygens (including phenoxy) is 4. The van der Waals surface area contributed by atoms with Crippen molar-refractivity contribution in [1.82, 2.24) is 5.32 Å². The topological polar surface area (TPSA) is 141 Å². The Morgan fingerprint density at radius 1 is 0.573 bits per heavy atom. The molecule has 5 aromatic carbocycles. The van der Waals surface area contributed by atoms with Gasteiger partial charge in [-0.25, -0.2) is 0 Å². The molecule has 408 valence electrons. The first kappa shape index (κ1) is 59.1. The van der Waals surface area contributed by atoms with Crippen LogP contribution in [0.1, 0.15) is 184 Å². The molecule has 1 amide bonds. The number of esters is 2. The molecular formula is C65H89NO9. The van der Waals surface area contributed by atoms with Gasteiger partial charge in [-0.05, 0) is 89.6 Å². The van der Waals surface area contributed by atoms with E-state index in [1.165, 1.54) is 64.8 Å². The zero-order valence-corrected chi connectivity index (χ0v) is 45.2. The lowest BCUT2D eigenvalue weighted by Crippen LogP contribution is -2.66. The van der Waals surface area contributed by atoms with Crippen LogP contribution in [-0.4, -0.2) is 71.4 Å². The highest BCUT2D eigenvalue weighted by atomic mass is 16.7. The maximum atomic E-state index is 14.2. The normalized spacial score (nSPS) is 18.0. The van der Waals surface area contributed by atoms with Gasteiger partial charge < -0.3 is 34.5 Å². The minimum absolute atomic E-state index is 0.108. The SMILES string of the molecule is CCCCCCCCCCC[C@@H](CC(=O)N[C@H]1[C@H](OCc2ccccc2)O[C@H](CO)[C@@H](O)[C@@H]1OC(=O)CCCCCCCCc1cccc2ccccc12)OC(=O)CCCCCCCCc1cccc2ccccc12. The van der Waals surface area contributed by atoms with E-state index in [9.17, 15) is 24.6 Å².